The van der Waals surface area contributed by atoms with Gasteiger partial charge in [0.1, 0.15) is 0 Å². The molecular formula is C19H24O. The molecule has 1 fully saturated rings. The molecule has 1 unspecified atom stereocenters. The number of fused-ring (bicyclic) bond motifs is 1. The zero-order valence-corrected chi connectivity index (χ0v) is 12.1. The molecule has 1 nitrogen and oxygen atoms in total. The first-order valence-corrected chi connectivity index (χ1v) is 8.00. The van der Waals surface area contributed by atoms with Crippen LogP contribution in [0.15, 0.2) is 42.5 Å². The van der Waals surface area contributed by atoms with E-state index in [0.29, 0.717) is 5.92 Å². The average Bonchev–Trinajstić information content (AvgIpc) is 2.75. The molecule has 0 aromatic heterocycles. The summed E-state index contributed by atoms with van der Waals surface area (Å²) in [5.74, 6) is 0.707. The van der Waals surface area contributed by atoms with E-state index in [4.69, 9.17) is 0 Å². The highest BCUT2D eigenvalue weighted by Crippen LogP contribution is 2.31. The Hall–Kier alpha value is -1.34. The van der Waals surface area contributed by atoms with Gasteiger partial charge in [0.25, 0.3) is 0 Å². The summed E-state index contributed by atoms with van der Waals surface area (Å²) in [4.78, 5) is 0. The number of hydrogen-bond acceptors (Lipinski definition) is 1. The van der Waals surface area contributed by atoms with Crippen molar-refractivity contribution >= 4 is 10.8 Å². The third-order valence-electron chi connectivity index (χ3n) is 4.69. The molecule has 0 amide bonds. The van der Waals surface area contributed by atoms with Gasteiger partial charge in [0, 0.05) is 0 Å². The minimum Gasteiger partial charge on any atom is -0.388 e. The van der Waals surface area contributed by atoms with Crippen molar-refractivity contribution in [3.05, 3.63) is 48.0 Å². The van der Waals surface area contributed by atoms with Crippen molar-refractivity contribution in [2.45, 2.75) is 51.0 Å². The molecule has 2 aromatic rings. The third-order valence-corrected chi connectivity index (χ3v) is 4.69. The normalized spacial score (nSPS) is 18.9. The van der Waals surface area contributed by atoms with E-state index >= 15 is 0 Å². The predicted octanol–water partition coefficient (Wildman–Crippen LogP) is 5.23. The Morgan fingerprint density at radius 1 is 0.900 bits per heavy atom. The van der Waals surface area contributed by atoms with Crippen LogP contribution in [0.1, 0.15) is 56.6 Å². The second kappa shape index (κ2) is 6.41. The third kappa shape index (κ3) is 3.21. The summed E-state index contributed by atoms with van der Waals surface area (Å²) in [5.41, 5.74) is 1.08. The van der Waals surface area contributed by atoms with Gasteiger partial charge in [-0.1, -0.05) is 74.9 Å². The minimum atomic E-state index is -0.303. The fourth-order valence-corrected chi connectivity index (χ4v) is 3.47. The molecule has 0 saturated heterocycles. The molecule has 1 aliphatic rings. The van der Waals surface area contributed by atoms with Gasteiger partial charge in [-0.15, -0.1) is 0 Å². The van der Waals surface area contributed by atoms with E-state index in [2.05, 4.69) is 42.5 Å². The first-order valence-electron chi connectivity index (χ1n) is 8.00. The van der Waals surface area contributed by atoms with Gasteiger partial charge >= 0.3 is 0 Å². The SMILES string of the molecule is OC(CC1CCCCCC1)c1ccc2ccccc2c1. The van der Waals surface area contributed by atoms with E-state index in [1.807, 2.05) is 0 Å². The Kier molecular flexibility index (Phi) is 4.37. The first-order chi connectivity index (χ1) is 9.83. The van der Waals surface area contributed by atoms with E-state index in [1.165, 1.54) is 49.3 Å². The van der Waals surface area contributed by atoms with Crippen LogP contribution in [0.25, 0.3) is 10.8 Å². The van der Waals surface area contributed by atoms with Gasteiger partial charge < -0.3 is 5.11 Å². The molecule has 0 radical (unpaired) electrons. The second-order valence-electron chi connectivity index (χ2n) is 6.22. The zero-order valence-electron chi connectivity index (χ0n) is 12.1. The number of aliphatic hydroxyl groups is 1. The summed E-state index contributed by atoms with van der Waals surface area (Å²) in [7, 11) is 0. The maximum absolute atomic E-state index is 10.5. The van der Waals surface area contributed by atoms with Crippen molar-refractivity contribution in [3.63, 3.8) is 0 Å². The lowest BCUT2D eigenvalue weighted by molar-refractivity contribution is 0.139. The van der Waals surface area contributed by atoms with E-state index in [-0.39, 0.29) is 6.10 Å². The number of benzene rings is 2. The summed E-state index contributed by atoms with van der Waals surface area (Å²) in [5, 5.41) is 13.0. The van der Waals surface area contributed by atoms with Crippen LogP contribution in [0.4, 0.5) is 0 Å². The van der Waals surface area contributed by atoms with Crippen molar-refractivity contribution in [1.29, 1.82) is 0 Å². The molecule has 3 rings (SSSR count). The van der Waals surface area contributed by atoms with Crippen LogP contribution in [0.3, 0.4) is 0 Å². The smallest absolute Gasteiger partial charge is 0.0792 e. The van der Waals surface area contributed by atoms with E-state index in [1.54, 1.807) is 0 Å². The lowest BCUT2D eigenvalue weighted by Crippen LogP contribution is -2.07. The Morgan fingerprint density at radius 3 is 2.35 bits per heavy atom. The number of aliphatic hydroxyl groups excluding tert-OH is 1. The van der Waals surface area contributed by atoms with Gasteiger partial charge in [-0.25, -0.2) is 0 Å². The van der Waals surface area contributed by atoms with Crippen molar-refractivity contribution < 1.29 is 5.11 Å². The molecule has 106 valence electrons. The summed E-state index contributed by atoms with van der Waals surface area (Å²) in [6.07, 6.45) is 8.66. The molecule has 1 aliphatic carbocycles. The standard InChI is InChI=1S/C19H24O/c20-19(13-15-7-3-1-2-4-8-15)18-12-11-16-9-5-6-10-17(16)14-18/h5-6,9-12,14-15,19-20H,1-4,7-8,13H2. The Labute approximate surface area is 121 Å². The molecule has 2 aromatic carbocycles. The monoisotopic (exact) mass is 268 g/mol. The second-order valence-corrected chi connectivity index (χ2v) is 6.22. The van der Waals surface area contributed by atoms with Crippen LogP contribution < -0.4 is 0 Å². The van der Waals surface area contributed by atoms with Crippen molar-refractivity contribution in [2.75, 3.05) is 0 Å². The average molecular weight is 268 g/mol. The fraction of sp³-hybridized carbons (Fsp3) is 0.474. The molecule has 1 N–H and O–H groups in total. The molecule has 20 heavy (non-hydrogen) atoms. The Bertz CT molecular complexity index is 552. The van der Waals surface area contributed by atoms with Gasteiger partial charge in [-0.05, 0) is 34.7 Å². The van der Waals surface area contributed by atoms with E-state index < -0.39 is 0 Å². The van der Waals surface area contributed by atoms with Gasteiger partial charge in [-0.3, -0.25) is 0 Å². The van der Waals surface area contributed by atoms with Crippen molar-refractivity contribution in [3.8, 4) is 0 Å². The lowest BCUT2D eigenvalue weighted by Gasteiger charge is -2.19. The highest BCUT2D eigenvalue weighted by Gasteiger charge is 2.17. The first kappa shape index (κ1) is 13.6. The summed E-state index contributed by atoms with van der Waals surface area (Å²) < 4.78 is 0. The molecule has 1 heteroatoms. The Balaban J connectivity index is 1.72. The van der Waals surface area contributed by atoms with Crippen molar-refractivity contribution in [2.24, 2.45) is 5.92 Å². The molecule has 0 bridgehead atoms. The van der Waals surface area contributed by atoms with Crippen LogP contribution in [-0.4, -0.2) is 5.11 Å². The summed E-state index contributed by atoms with van der Waals surface area (Å²) in [6, 6.07) is 14.7. The molecule has 0 aliphatic heterocycles. The van der Waals surface area contributed by atoms with Gasteiger partial charge in [0.2, 0.25) is 0 Å². The van der Waals surface area contributed by atoms with Crippen LogP contribution in [0.5, 0.6) is 0 Å². The largest absolute Gasteiger partial charge is 0.388 e. The van der Waals surface area contributed by atoms with E-state index in [0.717, 1.165) is 12.0 Å². The van der Waals surface area contributed by atoms with Crippen LogP contribution in [0.2, 0.25) is 0 Å². The number of hydrogen-bond donors (Lipinski definition) is 1. The lowest BCUT2D eigenvalue weighted by atomic mass is 9.90. The highest BCUT2D eigenvalue weighted by molar-refractivity contribution is 5.83. The van der Waals surface area contributed by atoms with Crippen LogP contribution >= 0.6 is 0 Å². The van der Waals surface area contributed by atoms with Gasteiger partial charge in [0.05, 0.1) is 6.10 Å². The predicted molar refractivity (Wildman–Crippen MR) is 84.7 cm³/mol. The fourth-order valence-electron chi connectivity index (χ4n) is 3.47. The highest BCUT2D eigenvalue weighted by atomic mass is 16.3. The molecule has 1 saturated carbocycles. The molecular weight excluding hydrogens is 244 g/mol. The van der Waals surface area contributed by atoms with Crippen molar-refractivity contribution in [1.82, 2.24) is 0 Å². The Morgan fingerprint density at radius 2 is 1.60 bits per heavy atom. The van der Waals surface area contributed by atoms with Gasteiger partial charge in [-0.2, -0.15) is 0 Å². The maximum Gasteiger partial charge on any atom is 0.0792 e. The number of rotatable bonds is 3. The van der Waals surface area contributed by atoms with Crippen LogP contribution in [0, 0.1) is 5.92 Å². The molecule has 0 spiro atoms. The molecule has 0 heterocycles. The molecule has 1 atom stereocenters. The van der Waals surface area contributed by atoms with Gasteiger partial charge in [0.15, 0.2) is 0 Å². The zero-order chi connectivity index (χ0) is 13.8. The minimum absolute atomic E-state index is 0.303. The van der Waals surface area contributed by atoms with Crippen LogP contribution in [-0.2, 0) is 0 Å². The quantitative estimate of drug-likeness (QED) is 0.755. The summed E-state index contributed by atoms with van der Waals surface area (Å²) >= 11 is 0. The summed E-state index contributed by atoms with van der Waals surface area (Å²) in [6.45, 7) is 0. The van der Waals surface area contributed by atoms with E-state index in [9.17, 15) is 5.11 Å². The topological polar surface area (TPSA) is 20.2 Å². The maximum atomic E-state index is 10.5.